The van der Waals surface area contributed by atoms with Gasteiger partial charge in [0.1, 0.15) is 0 Å². The molecule has 0 aliphatic heterocycles. The van der Waals surface area contributed by atoms with Crippen molar-refractivity contribution in [3.05, 3.63) is 57.7 Å². The molecule has 0 bridgehead atoms. The van der Waals surface area contributed by atoms with E-state index in [1.807, 2.05) is 47.5 Å². The average Bonchev–Trinajstić information content (AvgIpc) is 2.95. The van der Waals surface area contributed by atoms with Crippen LogP contribution in [0.5, 0.6) is 0 Å². The van der Waals surface area contributed by atoms with E-state index < -0.39 is 0 Å². The topological polar surface area (TPSA) is 39.3 Å². The van der Waals surface area contributed by atoms with Crippen LogP contribution < -0.4 is 5.56 Å². The van der Waals surface area contributed by atoms with Gasteiger partial charge >= 0.3 is 0 Å². The summed E-state index contributed by atoms with van der Waals surface area (Å²) in [5.74, 6) is 0. The lowest BCUT2D eigenvalue weighted by Gasteiger charge is -1.97. The first-order valence-corrected chi connectivity index (χ1v) is 6.38. The highest BCUT2D eigenvalue weighted by molar-refractivity contribution is 7.15. The number of fused-ring (bicyclic) bond motifs is 1. The van der Waals surface area contributed by atoms with Gasteiger partial charge < -0.3 is 4.57 Å². The van der Waals surface area contributed by atoms with Gasteiger partial charge in [0, 0.05) is 36.6 Å². The van der Waals surface area contributed by atoms with Crippen LogP contribution in [0.25, 0.3) is 17.1 Å². The van der Waals surface area contributed by atoms with Crippen LogP contribution in [-0.2, 0) is 7.05 Å². The van der Waals surface area contributed by atoms with Crippen molar-refractivity contribution in [2.45, 2.75) is 0 Å². The maximum Gasteiger partial charge on any atom is 0.259 e. The largest absolute Gasteiger partial charge is 0.351 e. The summed E-state index contributed by atoms with van der Waals surface area (Å²) in [5.41, 5.74) is 1.71. The van der Waals surface area contributed by atoms with Crippen molar-refractivity contribution in [3.63, 3.8) is 0 Å². The second-order valence-corrected chi connectivity index (χ2v) is 4.83. The summed E-state index contributed by atoms with van der Waals surface area (Å²) >= 11 is 1.45. The van der Waals surface area contributed by atoms with E-state index in [9.17, 15) is 4.79 Å². The minimum atomic E-state index is -0.0484. The molecule has 3 heterocycles. The summed E-state index contributed by atoms with van der Waals surface area (Å²) in [6, 6.07) is 5.52. The smallest absolute Gasteiger partial charge is 0.259 e. The van der Waals surface area contributed by atoms with Gasteiger partial charge in [-0.3, -0.25) is 9.20 Å². The predicted molar refractivity (Wildman–Crippen MR) is 73.7 cm³/mol. The Hall–Kier alpha value is -2.14. The molecule has 18 heavy (non-hydrogen) atoms. The van der Waals surface area contributed by atoms with Crippen LogP contribution in [-0.4, -0.2) is 14.0 Å². The Kier molecular flexibility index (Phi) is 2.60. The molecule has 0 unspecified atom stereocenters. The minimum absolute atomic E-state index is 0.0484. The molecule has 0 aliphatic carbocycles. The lowest BCUT2D eigenvalue weighted by molar-refractivity contribution is 0.915. The molecular formula is C13H11N3OS. The van der Waals surface area contributed by atoms with Crippen LogP contribution in [0.3, 0.4) is 0 Å². The van der Waals surface area contributed by atoms with Crippen LogP contribution in [0.4, 0.5) is 0 Å². The maximum absolute atomic E-state index is 11.8. The van der Waals surface area contributed by atoms with Crippen LogP contribution >= 0.6 is 11.3 Å². The monoisotopic (exact) mass is 257 g/mol. The van der Waals surface area contributed by atoms with Crippen LogP contribution in [0.1, 0.15) is 11.4 Å². The maximum atomic E-state index is 11.8. The van der Waals surface area contributed by atoms with Crippen molar-refractivity contribution >= 4 is 28.4 Å². The molecule has 5 heteroatoms. The molecule has 0 aromatic carbocycles. The summed E-state index contributed by atoms with van der Waals surface area (Å²) in [4.78, 5) is 16.9. The molecular weight excluding hydrogens is 246 g/mol. The first-order valence-electron chi connectivity index (χ1n) is 5.50. The summed E-state index contributed by atoms with van der Waals surface area (Å²) in [7, 11) is 1.98. The van der Waals surface area contributed by atoms with E-state index in [-0.39, 0.29) is 5.56 Å². The van der Waals surface area contributed by atoms with Crippen molar-refractivity contribution in [2.75, 3.05) is 0 Å². The summed E-state index contributed by atoms with van der Waals surface area (Å²) in [6.45, 7) is 0. The zero-order valence-electron chi connectivity index (χ0n) is 9.78. The Morgan fingerprint density at radius 3 is 3.00 bits per heavy atom. The molecule has 0 amide bonds. The number of aromatic nitrogens is 3. The van der Waals surface area contributed by atoms with Crippen molar-refractivity contribution < 1.29 is 0 Å². The fraction of sp³-hybridized carbons (Fsp3) is 0.0769. The lowest BCUT2D eigenvalue weighted by atomic mass is 10.3. The van der Waals surface area contributed by atoms with Gasteiger partial charge in [0.05, 0.1) is 5.69 Å². The first kappa shape index (κ1) is 11.0. The third-order valence-corrected chi connectivity index (χ3v) is 3.49. The number of thiazole rings is 1. The Morgan fingerprint density at radius 1 is 1.33 bits per heavy atom. The van der Waals surface area contributed by atoms with Crippen LogP contribution in [0.2, 0.25) is 0 Å². The lowest BCUT2D eigenvalue weighted by Crippen LogP contribution is -2.11. The van der Waals surface area contributed by atoms with E-state index in [4.69, 9.17) is 0 Å². The van der Waals surface area contributed by atoms with E-state index in [0.29, 0.717) is 10.7 Å². The minimum Gasteiger partial charge on any atom is -0.351 e. The zero-order valence-corrected chi connectivity index (χ0v) is 10.6. The number of nitrogens with zero attached hydrogens (tertiary/aromatic N) is 3. The van der Waals surface area contributed by atoms with Crippen LogP contribution in [0.15, 0.2) is 40.8 Å². The summed E-state index contributed by atoms with van der Waals surface area (Å²) in [5, 5.41) is 1.86. The second-order valence-electron chi connectivity index (χ2n) is 3.95. The normalized spacial score (nSPS) is 11.6. The third kappa shape index (κ3) is 1.89. The quantitative estimate of drug-likeness (QED) is 0.706. The predicted octanol–water partition coefficient (Wildman–Crippen LogP) is 2.26. The van der Waals surface area contributed by atoms with E-state index in [2.05, 4.69) is 4.98 Å². The fourth-order valence-electron chi connectivity index (χ4n) is 1.76. The Labute approximate surface area is 107 Å². The van der Waals surface area contributed by atoms with Gasteiger partial charge in [-0.15, -0.1) is 11.3 Å². The van der Waals surface area contributed by atoms with Crippen molar-refractivity contribution in [1.29, 1.82) is 0 Å². The standard InChI is InChI=1S/C13H11N3OS/c1-15-6-2-3-11(15)5-4-10-9-12(17)16-7-8-18-13(16)14-10/h2-9H,1H3. The fourth-order valence-corrected chi connectivity index (χ4v) is 2.49. The molecule has 0 spiro atoms. The van der Waals surface area contributed by atoms with Gasteiger partial charge in [0.2, 0.25) is 0 Å². The Morgan fingerprint density at radius 2 is 2.22 bits per heavy atom. The first-order chi connectivity index (χ1) is 8.74. The van der Waals surface area contributed by atoms with Crippen molar-refractivity contribution in [3.8, 4) is 0 Å². The highest BCUT2D eigenvalue weighted by atomic mass is 32.1. The van der Waals surface area contributed by atoms with E-state index in [0.717, 1.165) is 5.69 Å². The number of hydrogen-bond donors (Lipinski definition) is 0. The number of hydrogen-bond acceptors (Lipinski definition) is 3. The van der Waals surface area contributed by atoms with Gasteiger partial charge in [-0.05, 0) is 24.3 Å². The molecule has 0 radical (unpaired) electrons. The van der Waals surface area contributed by atoms with Gasteiger partial charge in [0.25, 0.3) is 5.56 Å². The summed E-state index contributed by atoms with van der Waals surface area (Å²) in [6.07, 6.45) is 7.52. The van der Waals surface area contributed by atoms with Gasteiger partial charge in [-0.1, -0.05) is 0 Å². The highest BCUT2D eigenvalue weighted by Crippen LogP contribution is 2.09. The molecule has 3 aromatic heterocycles. The Bertz CT molecular complexity index is 779. The molecule has 0 saturated heterocycles. The second kappa shape index (κ2) is 4.27. The SMILES string of the molecule is Cn1cccc1C=Cc1cc(=O)n2ccsc2n1. The van der Waals surface area contributed by atoms with E-state index in [1.54, 1.807) is 16.7 Å². The zero-order chi connectivity index (χ0) is 12.5. The van der Waals surface area contributed by atoms with E-state index >= 15 is 0 Å². The van der Waals surface area contributed by atoms with Crippen molar-refractivity contribution in [1.82, 2.24) is 14.0 Å². The molecule has 90 valence electrons. The van der Waals surface area contributed by atoms with Crippen molar-refractivity contribution in [2.24, 2.45) is 7.05 Å². The van der Waals surface area contributed by atoms with Gasteiger partial charge in [0.15, 0.2) is 4.96 Å². The molecule has 0 saturated carbocycles. The average molecular weight is 257 g/mol. The van der Waals surface area contributed by atoms with E-state index in [1.165, 1.54) is 11.3 Å². The number of rotatable bonds is 2. The molecule has 0 atom stereocenters. The highest BCUT2D eigenvalue weighted by Gasteiger charge is 2.00. The molecule has 3 rings (SSSR count). The third-order valence-electron chi connectivity index (χ3n) is 2.73. The summed E-state index contributed by atoms with van der Waals surface area (Å²) < 4.78 is 3.55. The number of aryl methyl sites for hydroxylation is 1. The van der Waals surface area contributed by atoms with Crippen LogP contribution in [0, 0.1) is 0 Å². The Balaban J connectivity index is 2.03. The molecule has 0 fully saturated rings. The molecule has 3 aromatic rings. The van der Waals surface area contributed by atoms with Gasteiger partial charge in [-0.25, -0.2) is 4.98 Å². The molecule has 4 nitrogen and oxygen atoms in total. The molecule has 0 N–H and O–H groups in total. The molecule has 0 aliphatic rings. The van der Waals surface area contributed by atoms with Gasteiger partial charge in [-0.2, -0.15) is 0 Å².